The summed E-state index contributed by atoms with van der Waals surface area (Å²) in [4.78, 5) is 11.5. The van der Waals surface area contributed by atoms with Crippen LogP contribution in [-0.4, -0.2) is 18.1 Å². The SMILES string of the molecule is CC(C)(CCN)CC(=O)OC(C)(C)C. The van der Waals surface area contributed by atoms with Crippen molar-refractivity contribution in [1.29, 1.82) is 0 Å². The zero-order chi connectivity index (χ0) is 11.4. The molecule has 0 bridgehead atoms. The van der Waals surface area contributed by atoms with Gasteiger partial charge in [-0.3, -0.25) is 4.79 Å². The number of esters is 1. The Morgan fingerprint density at radius 3 is 2.07 bits per heavy atom. The molecule has 0 aromatic heterocycles. The molecule has 0 aromatic carbocycles. The van der Waals surface area contributed by atoms with Gasteiger partial charge in [0.1, 0.15) is 5.60 Å². The molecule has 0 unspecified atom stereocenters. The Labute approximate surface area is 87.0 Å². The van der Waals surface area contributed by atoms with Crippen LogP contribution in [0.5, 0.6) is 0 Å². The Balaban J connectivity index is 4.06. The molecule has 0 radical (unpaired) electrons. The average molecular weight is 201 g/mol. The molecule has 84 valence electrons. The summed E-state index contributed by atoms with van der Waals surface area (Å²) >= 11 is 0. The number of carbonyl (C=O) groups is 1. The second-order valence-corrected chi connectivity index (χ2v) is 5.47. The molecule has 14 heavy (non-hydrogen) atoms. The van der Waals surface area contributed by atoms with Crippen molar-refractivity contribution in [2.75, 3.05) is 6.54 Å². The van der Waals surface area contributed by atoms with E-state index in [1.54, 1.807) is 0 Å². The molecule has 0 atom stereocenters. The Hall–Kier alpha value is -0.570. The Bertz CT molecular complexity index is 192. The van der Waals surface area contributed by atoms with Crippen LogP contribution in [0.15, 0.2) is 0 Å². The van der Waals surface area contributed by atoms with Gasteiger partial charge in [0.15, 0.2) is 0 Å². The second-order valence-electron chi connectivity index (χ2n) is 5.47. The highest BCUT2D eigenvalue weighted by Crippen LogP contribution is 2.25. The predicted molar refractivity (Wildman–Crippen MR) is 57.9 cm³/mol. The molecule has 0 aliphatic heterocycles. The van der Waals surface area contributed by atoms with Gasteiger partial charge < -0.3 is 10.5 Å². The van der Waals surface area contributed by atoms with Crippen LogP contribution in [0.4, 0.5) is 0 Å². The molecule has 0 aliphatic carbocycles. The second kappa shape index (κ2) is 4.78. The van der Waals surface area contributed by atoms with Crippen molar-refractivity contribution in [3.63, 3.8) is 0 Å². The summed E-state index contributed by atoms with van der Waals surface area (Å²) in [5.41, 5.74) is 5.01. The number of nitrogens with two attached hydrogens (primary N) is 1. The molecule has 2 N–H and O–H groups in total. The van der Waals surface area contributed by atoms with Gasteiger partial charge in [0.25, 0.3) is 0 Å². The van der Waals surface area contributed by atoms with Crippen LogP contribution in [0.2, 0.25) is 0 Å². The van der Waals surface area contributed by atoms with Gasteiger partial charge >= 0.3 is 5.97 Å². The average Bonchev–Trinajstić information content (AvgIpc) is 1.78. The van der Waals surface area contributed by atoms with Crippen LogP contribution >= 0.6 is 0 Å². The summed E-state index contributed by atoms with van der Waals surface area (Å²) in [5.74, 6) is -0.143. The lowest BCUT2D eigenvalue weighted by atomic mass is 9.86. The van der Waals surface area contributed by atoms with Crippen LogP contribution in [0.25, 0.3) is 0 Å². The quantitative estimate of drug-likeness (QED) is 0.709. The van der Waals surface area contributed by atoms with Gasteiger partial charge in [0.05, 0.1) is 6.42 Å². The van der Waals surface area contributed by atoms with Gasteiger partial charge in [0, 0.05) is 0 Å². The molecule has 0 spiro atoms. The molecule has 0 fully saturated rings. The highest BCUT2D eigenvalue weighted by Gasteiger charge is 2.25. The minimum atomic E-state index is -0.393. The minimum Gasteiger partial charge on any atom is -0.460 e. The highest BCUT2D eigenvalue weighted by atomic mass is 16.6. The van der Waals surface area contributed by atoms with Gasteiger partial charge in [-0.25, -0.2) is 0 Å². The first-order chi connectivity index (χ1) is 6.16. The number of rotatable bonds is 4. The summed E-state index contributed by atoms with van der Waals surface area (Å²) in [6, 6.07) is 0. The molecule has 0 amide bonds. The summed E-state index contributed by atoms with van der Waals surface area (Å²) in [6.45, 7) is 10.3. The van der Waals surface area contributed by atoms with Crippen molar-refractivity contribution in [3.8, 4) is 0 Å². The van der Waals surface area contributed by atoms with E-state index >= 15 is 0 Å². The van der Waals surface area contributed by atoms with Crippen LogP contribution in [0, 0.1) is 5.41 Å². The highest BCUT2D eigenvalue weighted by molar-refractivity contribution is 5.70. The number of hydrogen-bond acceptors (Lipinski definition) is 3. The summed E-state index contributed by atoms with van der Waals surface area (Å²) in [7, 11) is 0. The third-order valence-electron chi connectivity index (χ3n) is 1.86. The molecule has 0 heterocycles. The van der Waals surface area contributed by atoms with Gasteiger partial charge in [-0.2, -0.15) is 0 Å². The fraction of sp³-hybridized carbons (Fsp3) is 0.909. The normalized spacial score (nSPS) is 12.7. The molecular weight excluding hydrogens is 178 g/mol. The van der Waals surface area contributed by atoms with Crippen molar-refractivity contribution in [2.45, 2.75) is 53.1 Å². The van der Waals surface area contributed by atoms with Crippen LogP contribution in [0.3, 0.4) is 0 Å². The van der Waals surface area contributed by atoms with E-state index in [0.29, 0.717) is 13.0 Å². The third kappa shape index (κ3) is 6.89. The van der Waals surface area contributed by atoms with Crippen molar-refractivity contribution in [2.24, 2.45) is 11.1 Å². The first-order valence-electron chi connectivity index (χ1n) is 5.08. The maximum atomic E-state index is 11.5. The van der Waals surface area contributed by atoms with Gasteiger partial charge in [-0.15, -0.1) is 0 Å². The lowest BCUT2D eigenvalue weighted by molar-refractivity contribution is -0.157. The van der Waals surface area contributed by atoms with E-state index < -0.39 is 5.60 Å². The Morgan fingerprint density at radius 2 is 1.71 bits per heavy atom. The van der Waals surface area contributed by atoms with E-state index in [4.69, 9.17) is 10.5 Å². The topological polar surface area (TPSA) is 52.3 Å². The van der Waals surface area contributed by atoms with E-state index in [1.807, 2.05) is 34.6 Å². The molecule has 0 saturated carbocycles. The monoisotopic (exact) mass is 201 g/mol. The third-order valence-corrected chi connectivity index (χ3v) is 1.86. The molecular formula is C11H23NO2. The number of hydrogen-bond donors (Lipinski definition) is 1. The molecule has 3 heteroatoms. The summed E-state index contributed by atoms with van der Waals surface area (Å²) in [5, 5.41) is 0. The standard InChI is InChI=1S/C11H23NO2/c1-10(2,3)14-9(13)8-11(4,5)6-7-12/h6-8,12H2,1-5H3. The summed E-state index contributed by atoms with van der Waals surface area (Å²) in [6.07, 6.45) is 1.27. The number of ether oxygens (including phenoxy) is 1. The predicted octanol–water partition coefficient (Wildman–Crippen LogP) is 2.09. The first-order valence-corrected chi connectivity index (χ1v) is 5.08. The van der Waals surface area contributed by atoms with Crippen molar-refractivity contribution in [3.05, 3.63) is 0 Å². The molecule has 0 saturated heterocycles. The minimum absolute atomic E-state index is 0.0584. The largest absolute Gasteiger partial charge is 0.460 e. The zero-order valence-electron chi connectivity index (χ0n) is 10.0. The molecule has 0 aromatic rings. The maximum Gasteiger partial charge on any atom is 0.306 e. The van der Waals surface area contributed by atoms with E-state index in [-0.39, 0.29) is 11.4 Å². The van der Waals surface area contributed by atoms with Gasteiger partial charge in [-0.05, 0) is 39.2 Å². The lowest BCUT2D eigenvalue weighted by Crippen LogP contribution is -2.28. The molecule has 0 aliphatic rings. The van der Waals surface area contributed by atoms with E-state index in [2.05, 4.69) is 0 Å². The maximum absolute atomic E-state index is 11.5. The lowest BCUT2D eigenvalue weighted by Gasteiger charge is -2.26. The van der Waals surface area contributed by atoms with Crippen molar-refractivity contribution in [1.82, 2.24) is 0 Å². The molecule has 3 nitrogen and oxygen atoms in total. The van der Waals surface area contributed by atoms with Gasteiger partial charge in [-0.1, -0.05) is 13.8 Å². The van der Waals surface area contributed by atoms with E-state index in [1.165, 1.54) is 0 Å². The van der Waals surface area contributed by atoms with E-state index in [9.17, 15) is 4.79 Å². The zero-order valence-corrected chi connectivity index (χ0v) is 10.0. The van der Waals surface area contributed by atoms with E-state index in [0.717, 1.165) is 6.42 Å². The van der Waals surface area contributed by atoms with Crippen LogP contribution in [0.1, 0.15) is 47.5 Å². The fourth-order valence-electron chi connectivity index (χ4n) is 1.25. The van der Waals surface area contributed by atoms with Crippen molar-refractivity contribution >= 4 is 5.97 Å². The Kier molecular flexibility index (Phi) is 4.59. The van der Waals surface area contributed by atoms with Crippen molar-refractivity contribution < 1.29 is 9.53 Å². The first kappa shape index (κ1) is 13.4. The smallest absolute Gasteiger partial charge is 0.306 e. The van der Waals surface area contributed by atoms with Crippen LogP contribution in [-0.2, 0) is 9.53 Å². The van der Waals surface area contributed by atoms with Gasteiger partial charge in [0.2, 0.25) is 0 Å². The fourth-order valence-corrected chi connectivity index (χ4v) is 1.25. The number of carbonyl (C=O) groups excluding carboxylic acids is 1. The summed E-state index contributed by atoms with van der Waals surface area (Å²) < 4.78 is 5.24. The molecule has 0 rings (SSSR count). The Morgan fingerprint density at radius 1 is 1.21 bits per heavy atom. The van der Waals surface area contributed by atoms with Crippen LogP contribution < -0.4 is 5.73 Å².